The maximum atomic E-state index is 12.3. The molecule has 2 rings (SSSR count). The Hall–Kier alpha value is -2.87. The minimum Gasteiger partial charge on any atom is -0.480 e. The zero-order valence-corrected chi connectivity index (χ0v) is 13.2. The second kappa shape index (κ2) is 7.60. The minimum atomic E-state index is -1.15. The molecule has 2 atom stereocenters. The van der Waals surface area contributed by atoms with Crippen LogP contribution in [0.25, 0.3) is 10.9 Å². The van der Waals surface area contributed by atoms with E-state index in [0.717, 1.165) is 16.5 Å². The number of rotatable bonds is 7. The Morgan fingerprint density at radius 2 is 1.96 bits per heavy atom. The van der Waals surface area contributed by atoms with Crippen LogP contribution in [-0.2, 0) is 20.8 Å². The van der Waals surface area contributed by atoms with E-state index in [9.17, 15) is 14.4 Å². The molecule has 0 aliphatic rings. The third-order valence-electron chi connectivity index (χ3n) is 3.67. The van der Waals surface area contributed by atoms with E-state index in [0.29, 0.717) is 0 Å². The van der Waals surface area contributed by atoms with Crippen molar-refractivity contribution in [1.82, 2.24) is 15.6 Å². The number of aliphatic carboxylic acids is 1. The molecule has 1 aromatic carbocycles. The number of nitrogens with one attached hydrogen (secondary N) is 3. The predicted molar refractivity (Wildman–Crippen MR) is 88.2 cm³/mol. The molecule has 2 amide bonds. The number of fused-ring (bicyclic) bond motifs is 1. The van der Waals surface area contributed by atoms with Crippen molar-refractivity contribution in [2.45, 2.75) is 25.4 Å². The molecule has 0 saturated heterocycles. The Morgan fingerprint density at radius 3 is 2.62 bits per heavy atom. The lowest BCUT2D eigenvalue weighted by atomic mass is 10.0. The van der Waals surface area contributed by atoms with Crippen LogP contribution in [0.4, 0.5) is 0 Å². The zero-order valence-electron chi connectivity index (χ0n) is 13.2. The van der Waals surface area contributed by atoms with Crippen LogP contribution in [0.2, 0.25) is 0 Å². The third-order valence-corrected chi connectivity index (χ3v) is 3.67. The summed E-state index contributed by atoms with van der Waals surface area (Å²) in [4.78, 5) is 37.9. The second-order valence-electron chi connectivity index (χ2n) is 5.46. The maximum Gasteiger partial charge on any atom is 0.325 e. The van der Waals surface area contributed by atoms with Crippen LogP contribution in [0.5, 0.6) is 0 Å². The van der Waals surface area contributed by atoms with Gasteiger partial charge >= 0.3 is 5.97 Å². The molecule has 8 heteroatoms. The van der Waals surface area contributed by atoms with Crippen LogP contribution in [0, 0.1) is 0 Å². The summed E-state index contributed by atoms with van der Waals surface area (Å²) in [6, 6.07) is 5.59. The summed E-state index contributed by atoms with van der Waals surface area (Å²) >= 11 is 0. The molecule has 0 aliphatic heterocycles. The number of carboxylic acids is 1. The number of aromatic amines is 1. The SMILES string of the molecule is C[C@H](NC(=O)[C@H](Cc1c[nH]c2ccccc12)NC(=O)CN)C(=O)O. The van der Waals surface area contributed by atoms with Crippen molar-refractivity contribution in [3.8, 4) is 0 Å². The van der Waals surface area contributed by atoms with E-state index in [-0.39, 0.29) is 13.0 Å². The lowest BCUT2D eigenvalue weighted by molar-refractivity contribution is -0.141. The Morgan fingerprint density at radius 1 is 1.25 bits per heavy atom. The molecular formula is C16H20N4O4. The quantitative estimate of drug-likeness (QED) is 0.476. The van der Waals surface area contributed by atoms with Crippen LogP contribution >= 0.6 is 0 Å². The Labute approximate surface area is 138 Å². The van der Waals surface area contributed by atoms with Gasteiger partial charge in [0.05, 0.1) is 6.54 Å². The van der Waals surface area contributed by atoms with Gasteiger partial charge in [0.25, 0.3) is 0 Å². The minimum absolute atomic E-state index is 0.216. The third kappa shape index (κ3) is 4.11. The lowest BCUT2D eigenvalue weighted by Gasteiger charge is -2.19. The smallest absolute Gasteiger partial charge is 0.325 e. The fraction of sp³-hybridized carbons (Fsp3) is 0.312. The van der Waals surface area contributed by atoms with E-state index in [4.69, 9.17) is 10.8 Å². The number of para-hydroxylation sites is 1. The first-order valence-corrected chi connectivity index (χ1v) is 7.50. The molecule has 6 N–H and O–H groups in total. The highest BCUT2D eigenvalue weighted by atomic mass is 16.4. The number of carbonyl (C=O) groups is 3. The number of aromatic nitrogens is 1. The first kappa shape index (κ1) is 17.5. The van der Waals surface area contributed by atoms with Gasteiger partial charge in [-0.1, -0.05) is 18.2 Å². The van der Waals surface area contributed by atoms with Crippen LogP contribution in [0.1, 0.15) is 12.5 Å². The first-order chi connectivity index (χ1) is 11.4. The average Bonchev–Trinajstić information content (AvgIpc) is 2.97. The highest BCUT2D eigenvalue weighted by Crippen LogP contribution is 2.19. The van der Waals surface area contributed by atoms with Gasteiger partial charge in [-0.15, -0.1) is 0 Å². The summed E-state index contributed by atoms with van der Waals surface area (Å²) < 4.78 is 0. The van der Waals surface area contributed by atoms with Crippen LogP contribution in [-0.4, -0.2) is 46.5 Å². The number of carbonyl (C=O) groups excluding carboxylic acids is 2. The largest absolute Gasteiger partial charge is 0.480 e. The van der Waals surface area contributed by atoms with Gasteiger partial charge in [-0.3, -0.25) is 14.4 Å². The van der Waals surface area contributed by atoms with E-state index in [2.05, 4.69) is 15.6 Å². The maximum absolute atomic E-state index is 12.3. The van der Waals surface area contributed by atoms with Crippen molar-refractivity contribution in [2.24, 2.45) is 5.73 Å². The molecule has 0 spiro atoms. The number of hydrogen-bond donors (Lipinski definition) is 5. The summed E-state index contributed by atoms with van der Waals surface area (Å²) in [7, 11) is 0. The molecule has 0 radical (unpaired) electrons. The topological polar surface area (TPSA) is 137 Å². The van der Waals surface area contributed by atoms with Gasteiger partial charge in [-0.2, -0.15) is 0 Å². The number of carboxylic acid groups (broad SMARTS) is 1. The van der Waals surface area contributed by atoms with E-state index in [1.165, 1.54) is 6.92 Å². The molecule has 0 unspecified atom stereocenters. The van der Waals surface area contributed by atoms with Gasteiger partial charge in [-0.25, -0.2) is 0 Å². The molecule has 0 saturated carbocycles. The van der Waals surface area contributed by atoms with Crippen molar-refractivity contribution in [2.75, 3.05) is 6.54 Å². The number of benzene rings is 1. The summed E-state index contributed by atoms with van der Waals surface area (Å²) in [5.41, 5.74) is 7.04. The molecule has 1 heterocycles. The van der Waals surface area contributed by atoms with Crippen molar-refractivity contribution in [1.29, 1.82) is 0 Å². The summed E-state index contributed by atoms with van der Waals surface area (Å²) in [6.45, 7) is 1.10. The summed E-state index contributed by atoms with van der Waals surface area (Å²) in [5, 5.41) is 14.7. The molecule has 0 fully saturated rings. The molecule has 1 aromatic heterocycles. The number of H-pyrrole nitrogens is 1. The number of hydrogen-bond acceptors (Lipinski definition) is 4. The Kier molecular flexibility index (Phi) is 5.54. The van der Waals surface area contributed by atoms with Gasteiger partial charge in [0.2, 0.25) is 11.8 Å². The van der Waals surface area contributed by atoms with Gasteiger partial charge in [0.1, 0.15) is 12.1 Å². The molecule has 24 heavy (non-hydrogen) atoms. The van der Waals surface area contributed by atoms with Crippen molar-refractivity contribution in [3.05, 3.63) is 36.0 Å². The summed E-state index contributed by atoms with van der Waals surface area (Å²) in [5.74, 6) is -2.21. The van der Waals surface area contributed by atoms with E-state index >= 15 is 0 Å². The monoisotopic (exact) mass is 332 g/mol. The van der Waals surface area contributed by atoms with Gasteiger partial charge in [-0.05, 0) is 18.6 Å². The van der Waals surface area contributed by atoms with E-state index < -0.39 is 29.9 Å². The normalized spacial score (nSPS) is 13.2. The lowest BCUT2D eigenvalue weighted by Crippen LogP contribution is -2.52. The van der Waals surface area contributed by atoms with Crippen molar-refractivity contribution >= 4 is 28.7 Å². The number of amides is 2. The van der Waals surface area contributed by atoms with Crippen LogP contribution in [0.3, 0.4) is 0 Å². The summed E-state index contributed by atoms with van der Waals surface area (Å²) in [6.07, 6.45) is 1.98. The molecule has 0 aliphatic carbocycles. The molecule has 0 bridgehead atoms. The first-order valence-electron chi connectivity index (χ1n) is 7.50. The fourth-order valence-electron chi connectivity index (χ4n) is 2.36. The van der Waals surface area contributed by atoms with Gasteiger partial charge in [0.15, 0.2) is 0 Å². The standard InChI is InChI=1S/C16H20N4O4/c1-9(16(23)24)19-15(22)13(20-14(21)7-17)6-10-8-18-12-5-3-2-4-11(10)12/h2-5,8-9,13,18H,6-7,17H2,1H3,(H,19,22)(H,20,21)(H,23,24)/t9-,13-/m0/s1. The molecule has 128 valence electrons. The fourth-order valence-corrected chi connectivity index (χ4v) is 2.36. The highest BCUT2D eigenvalue weighted by molar-refractivity contribution is 5.92. The zero-order chi connectivity index (χ0) is 17.7. The average molecular weight is 332 g/mol. The second-order valence-corrected chi connectivity index (χ2v) is 5.46. The van der Waals surface area contributed by atoms with Gasteiger partial charge in [0, 0.05) is 23.5 Å². The van der Waals surface area contributed by atoms with Crippen LogP contribution in [0.15, 0.2) is 30.5 Å². The van der Waals surface area contributed by atoms with Crippen molar-refractivity contribution in [3.63, 3.8) is 0 Å². The highest BCUT2D eigenvalue weighted by Gasteiger charge is 2.25. The Balaban J connectivity index is 2.20. The molecular weight excluding hydrogens is 312 g/mol. The van der Waals surface area contributed by atoms with E-state index in [1.54, 1.807) is 6.20 Å². The van der Waals surface area contributed by atoms with E-state index in [1.807, 2.05) is 24.3 Å². The Bertz CT molecular complexity index is 755. The molecule has 2 aromatic rings. The van der Waals surface area contributed by atoms with Crippen LogP contribution < -0.4 is 16.4 Å². The molecule has 8 nitrogen and oxygen atoms in total. The van der Waals surface area contributed by atoms with Crippen molar-refractivity contribution < 1.29 is 19.5 Å². The predicted octanol–water partition coefficient (Wildman–Crippen LogP) is -0.257. The number of nitrogens with two attached hydrogens (primary N) is 1. The van der Waals surface area contributed by atoms with Gasteiger partial charge < -0.3 is 26.5 Å².